The first-order valence-corrected chi connectivity index (χ1v) is 6.72. The first kappa shape index (κ1) is 16.0. The molecule has 3 nitrogen and oxygen atoms in total. The van der Waals surface area contributed by atoms with Crippen molar-refractivity contribution in [3.63, 3.8) is 0 Å². The third-order valence-corrected chi connectivity index (χ3v) is 3.15. The second-order valence-electron chi connectivity index (χ2n) is 5.07. The summed E-state index contributed by atoms with van der Waals surface area (Å²) >= 11 is 4.91. The maximum absolute atomic E-state index is 13.7. The lowest BCUT2D eigenvalue weighted by molar-refractivity contribution is 0.291. The Labute approximate surface area is 120 Å². The Balaban J connectivity index is 2.60. The molecule has 0 heterocycles. The van der Waals surface area contributed by atoms with E-state index in [-0.39, 0.29) is 5.82 Å². The Morgan fingerprint density at radius 1 is 1.26 bits per heavy atom. The lowest BCUT2D eigenvalue weighted by Crippen LogP contribution is -2.24. The van der Waals surface area contributed by atoms with Gasteiger partial charge in [-0.05, 0) is 58.9 Å². The number of rotatable bonds is 7. The molecule has 1 aromatic carbocycles. The van der Waals surface area contributed by atoms with E-state index in [1.807, 2.05) is 21.1 Å². The summed E-state index contributed by atoms with van der Waals surface area (Å²) in [6, 6.07) is 4.78. The number of halogens is 1. The van der Waals surface area contributed by atoms with Gasteiger partial charge in [-0.15, -0.1) is 0 Å². The van der Waals surface area contributed by atoms with Crippen molar-refractivity contribution < 1.29 is 4.39 Å². The second kappa shape index (κ2) is 7.53. The third kappa shape index (κ3) is 5.63. The molecule has 0 bridgehead atoms. The largest absolute Gasteiger partial charge is 0.389 e. The van der Waals surface area contributed by atoms with Gasteiger partial charge in [-0.25, -0.2) is 4.39 Å². The van der Waals surface area contributed by atoms with Gasteiger partial charge in [-0.3, -0.25) is 0 Å². The molecule has 0 radical (unpaired) electrons. The van der Waals surface area contributed by atoms with Crippen molar-refractivity contribution in [3.05, 3.63) is 35.1 Å². The Hall–Kier alpha value is -1.04. The molecule has 0 atom stereocenters. The van der Waals surface area contributed by atoms with Crippen LogP contribution in [0.1, 0.15) is 17.5 Å². The lowest BCUT2D eigenvalue weighted by atomic mass is 10.1. The third-order valence-electron chi connectivity index (χ3n) is 2.92. The van der Waals surface area contributed by atoms with Crippen LogP contribution < -0.4 is 5.73 Å². The number of hydrogen-bond acceptors (Lipinski definition) is 3. The van der Waals surface area contributed by atoms with E-state index in [1.54, 1.807) is 12.1 Å². The van der Waals surface area contributed by atoms with Crippen LogP contribution in [0.15, 0.2) is 18.2 Å². The number of hydrogen-bond donors (Lipinski definition) is 1. The standard InChI is InChI=1S/C14H22FN3S/c1-17(2)7-4-8-18(3)10-12-9-11(14(16)19)5-6-13(12)15/h5-6,9H,4,7-8,10H2,1-3H3,(H2,16,19). The van der Waals surface area contributed by atoms with Crippen molar-refractivity contribution in [3.8, 4) is 0 Å². The average molecular weight is 283 g/mol. The molecule has 0 amide bonds. The fourth-order valence-corrected chi connectivity index (χ4v) is 2.00. The monoisotopic (exact) mass is 283 g/mol. The van der Waals surface area contributed by atoms with E-state index in [4.69, 9.17) is 18.0 Å². The summed E-state index contributed by atoms with van der Waals surface area (Å²) in [6.45, 7) is 2.52. The van der Waals surface area contributed by atoms with Crippen molar-refractivity contribution in [1.29, 1.82) is 0 Å². The van der Waals surface area contributed by atoms with Gasteiger partial charge in [0.05, 0.1) is 0 Å². The molecule has 106 valence electrons. The van der Waals surface area contributed by atoms with Gasteiger partial charge in [0.1, 0.15) is 10.8 Å². The highest BCUT2D eigenvalue weighted by Gasteiger charge is 2.08. The van der Waals surface area contributed by atoms with E-state index in [2.05, 4.69) is 9.80 Å². The zero-order valence-corrected chi connectivity index (χ0v) is 12.6. The molecule has 0 saturated carbocycles. The maximum Gasteiger partial charge on any atom is 0.127 e. The van der Waals surface area contributed by atoms with Crippen LogP contribution in [0, 0.1) is 5.82 Å². The molecule has 1 rings (SSSR count). The summed E-state index contributed by atoms with van der Waals surface area (Å²) in [5.74, 6) is -0.209. The molecule has 5 heteroatoms. The highest BCUT2D eigenvalue weighted by atomic mass is 32.1. The Morgan fingerprint density at radius 2 is 1.95 bits per heavy atom. The van der Waals surface area contributed by atoms with Crippen LogP contribution in [0.25, 0.3) is 0 Å². The molecular weight excluding hydrogens is 261 g/mol. The zero-order valence-electron chi connectivity index (χ0n) is 11.8. The van der Waals surface area contributed by atoms with Gasteiger partial charge >= 0.3 is 0 Å². The zero-order chi connectivity index (χ0) is 14.4. The molecule has 0 unspecified atom stereocenters. The summed E-state index contributed by atoms with van der Waals surface area (Å²) in [4.78, 5) is 4.55. The lowest BCUT2D eigenvalue weighted by Gasteiger charge is -2.19. The topological polar surface area (TPSA) is 32.5 Å². The molecule has 19 heavy (non-hydrogen) atoms. The highest BCUT2D eigenvalue weighted by molar-refractivity contribution is 7.80. The minimum absolute atomic E-state index is 0.209. The Kier molecular flexibility index (Phi) is 6.34. The van der Waals surface area contributed by atoms with E-state index in [0.717, 1.165) is 19.5 Å². The van der Waals surface area contributed by atoms with E-state index in [1.165, 1.54) is 6.07 Å². The van der Waals surface area contributed by atoms with Crippen LogP contribution in [0.4, 0.5) is 4.39 Å². The molecule has 1 aromatic rings. The van der Waals surface area contributed by atoms with Crippen molar-refractivity contribution in [1.82, 2.24) is 9.80 Å². The minimum Gasteiger partial charge on any atom is -0.389 e. The normalized spacial score (nSPS) is 11.3. The van der Waals surface area contributed by atoms with Crippen LogP contribution in [0.3, 0.4) is 0 Å². The van der Waals surface area contributed by atoms with E-state index >= 15 is 0 Å². The van der Waals surface area contributed by atoms with E-state index in [9.17, 15) is 4.39 Å². The summed E-state index contributed by atoms with van der Waals surface area (Å²) in [5, 5.41) is 0. The molecule has 0 aliphatic heterocycles. The second-order valence-corrected chi connectivity index (χ2v) is 5.50. The summed E-state index contributed by atoms with van der Waals surface area (Å²) in [6.07, 6.45) is 1.06. The van der Waals surface area contributed by atoms with Crippen LogP contribution in [0.2, 0.25) is 0 Å². The predicted molar refractivity (Wildman–Crippen MR) is 81.8 cm³/mol. The highest BCUT2D eigenvalue weighted by Crippen LogP contribution is 2.13. The van der Waals surface area contributed by atoms with Gasteiger partial charge in [0.15, 0.2) is 0 Å². The maximum atomic E-state index is 13.7. The number of benzene rings is 1. The number of nitrogens with zero attached hydrogens (tertiary/aromatic N) is 2. The Morgan fingerprint density at radius 3 is 2.53 bits per heavy atom. The van der Waals surface area contributed by atoms with Crippen LogP contribution in [0.5, 0.6) is 0 Å². The van der Waals surface area contributed by atoms with E-state index in [0.29, 0.717) is 22.7 Å². The van der Waals surface area contributed by atoms with Gasteiger partial charge in [0.2, 0.25) is 0 Å². The Bertz CT molecular complexity index is 435. The summed E-state index contributed by atoms with van der Waals surface area (Å²) < 4.78 is 13.7. The van der Waals surface area contributed by atoms with Crippen LogP contribution in [-0.4, -0.2) is 49.0 Å². The van der Waals surface area contributed by atoms with Gasteiger partial charge in [0, 0.05) is 17.7 Å². The molecular formula is C14H22FN3S. The molecule has 0 aliphatic rings. The average Bonchev–Trinajstić information content (AvgIpc) is 2.31. The first-order valence-electron chi connectivity index (χ1n) is 6.31. The fourth-order valence-electron chi connectivity index (χ4n) is 1.88. The minimum atomic E-state index is -0.209. The molecule has 0 aromatic heterocycles. The SMILES string of the molecule is CN(C)CCCN(C)Cc1cc(C(N)=S)ccc1F. The molecule has 2 N–H and O–H groups in total. The van der Waals surface area contributed by atoms with Gasteiger partial charge in [-0.2, -0.15) is 0 Å². The van der Waals surface area contributed by atoms with Gasteiger partial charge in [-0.1, -0.05) is 12.2 Å². The summed E-state index contributed by atoms with van der Waals surface area (Å²) in [5.41, 5.74) is 6.92. The number of nitrogens with two attached hydrogens (primary N) is 1. The molecule has 0 fully saturated rings. The predicted octanol–water partition coefficient (Wildman–Crippen LogP) is 1.84. The van der Waals surface area contributed by atoms with Crippen LogP contribution in [-0.2, 0) is 6.54 Å². The molecule has 0 aliphatic carbocycles. The summed E-state index contributed by atoms with van der Waals surface area (Å²) in [7, 11) is 6.08. The van der Waals surface area contributed by atoms with Gasteiger partial charge in [0.25, 0.3) is 0 Å². The smallest absolute Gasteiger partial charge is 0.127 e. The van der Waals surface area contributed by atoms with Crippen molar-refractivity contribution in [2.45, 2.75) is 13.0 Å². The van der Waals surface area contributed by atoms with Crippen molar-refractivity contribution in [2.24, 2.45) is 5.73 Å². The van der Waals surface area contributed by atoms with E-state index < -0.39 is 0 Å². The number of thiocarbonyl (C=S) groups is 1. The van der Waals surface area contributed by atoms with Crippen molar-refractivity contribution in [2.75, 3.05) is 34.2 Å². The van der Waals surface area contributed by atoms with Crippen molar-refractivity contribution >= 4 is 17.2 Å². The quantitative estimate of drug-likeness (QED) is 0.774. The fraction of sp³-hybridized carbons (Fsp3) is 0.500. The first-order chi connectivity index (χ1) is 8.90. The molecule has 0 saturated heterocycles. The van der Waals surface area contributed by atoms with Crippen LogP contribution >= 0.6 is 12.2 Å². The van der Waals surface area contributed by atoms with Gasteiger partial charge < -0.3 is 15.5 Å². The molecule has 0 spiro atoms.